The third-order valence-electron chi connectivity index (χ3n) is 2.39. The molecule has 0 radical (unpaired) electrons. The summed E-state index contributed by atoms with van der Waals surface area (Å²) in [5.74, 6) is -0.716. The topological polar surface area (TPSA) is 89.7 Å². The molecule has 0 saturated heterocycles. The minimum absolute atomic E-state index is 0.0110. The maximum Gasteiger partial charge on any atom is 0.334 e. The van der Waals surface area contributed by atoms with E-state index in [1.165, 1.54) is 12.1 Å². The number of carboxylic acids is 1. The highest BCUT2D eigenvalue weighted by atomic mass is 16.6. The monoisotopic (exact) mass is 251 g/mol. The molecular formula is C12H13NO5. The Kier molecular flexibility index (Phi) is 4.04. The number of aryl methyl sites for hydroxylation is 2. The molecule has 0 fully saturated rings. The quantitative estimate of drug-likeness (QED) is 0.492. The molecule has 0 aromatic heterocycles. The van der Waals surface area contributed by atoms with Gasteiger partial charge >= 0.3 is 5.97 Å². The number of benzene rings is 1. The van der Waals surface area contributed by atoms with Crippen molar-refractivity contribution in [2.45, 2.75) is 13.8 Å². The molecule has 0 saturated carbocycles. The summed E-state index contributed by atoms with van der Waals surface area (Å²) < 4.78 is 5.27. The van der Waals surface area contributed by atoms with Crippen LogP contribution in [0.15, 0.2) is 24.3 Å². The van der Waals surface area contributed by atoms with Gasteiger partial charge in [-0.05, 0) is 25.5 Å². The number of nitrogens with zero attached hydrogens (tertiary/aromatic N) is 1. The first-order valence-electron chi connectivity index (χ1n) is 5.12. The van der Waals surface area contributed by atoms with Crippen LogP contribution in [-0.4, -0.2) is 22.6 Å². The van der Waals surface area contributed by atoms with Crippen LogP contribution in [0.25, 0.3) is 0 Å². The van der Waals surface area contributed by atoms with Crippen LogP contribution in [0.2, 0.25) is 0 Å². The van der Waals surface area contributed by atoms with Crippen molar-refractivity contribution < 1.29 is 19.6 Å². The maximum atomic E-state index is 10.7. The summed E-state index contributed by atoms with van der Waals surface area (Å²) in [6, 6.07) is 2.91. The fourth-order valence-corrected chi connectivity index (χ4v) is 1.35. The molecule has 0 amide bonds. The van der Waals surface area contributed by atoms with Crippen molar-refractivity contribution in [1.29, 1.82) is 0 Å². The number of rotatable bonds is 5. The van der Waals surface area contributed by atoms with Gasteiger partial charge in [-0.15, -0.1) is 0 Å². The number of nitro groups is 1. The molecule has 6 heteroatoms. The fourth-order valence-electron chi connectivity index (χ4n) is 1.35. The van der Waals surface area contributed by atoms with Gasteiger partial charge in [0.15, 0.2) is 0 Å². The number of hydrogen-bond donors (Lipinski definition) is 1. The summed E-state index contributed by atoms with van der Waals surface area (Å²) in [5.41, 5.74) is 0.967. The molecule has 0 aliphatic heterocycles. The van der Waals surface area contributed by atoms with Crippen molar-refractivity contribution in [2.75, 3.05) is 6.61 Å². The first-order chi connectivity index (χ1) is 8.32. The standard InChI is InChI=1S/C12H13NO5/c1-7-5-11(18-6-9(3)12(14)15)8(2)4-10(7)13(16)17/h4-5H,3,6H2,1-2H3,(H,14,15). The molecule has 1 N–H and O–H groups in total. The van der Waals surface area contributed by atoms with Gasteiger partial charge in [-0.2, -0.15) is 0 Å². The van der Waals surface area contributed by atoms with E-state index >= 15 is 0 Å². The minimum Gasteiger partial charge on any atom is -0.488 e. The van der Waals surface area contributed by atoms with E-state index in [1.54, 1.807) is 13.8 Å². The molecule has 18 heavy (non-hydrogen) atoms. The van der Waals surface area contributed by atoms with Crippen LogP contribution in [-0.2, 0) is 4.79 Å². The van der Waals surface area contributed by atoms with E-state index in [1.807, 2.05) is 0 Å². The Morgan fingerprint density at radius 2 is 2.06 bits per heavy atom. The number of hydrogen-bond acceptors (Lipinski definition) is 4. The second kappa shape index (κ2) is 5.31. The van der Waals surface area contributed by atoms with E-state index in [2.05, 4.69) is 6.58 Å². The lowest BCUT2D eigenvalue weighted by molar-refractivity contribution is -0.385. The molecular weight excluding hydrogens is 238 g/mol. The number of nitro benzene ring substituents is 1. The zero-order valence-electron chi connectivity index (χ0n) is 10.1. The molecule has 6 nitrogen and oxygen atoms in total. The lowest BCUT2D eigenvalue weighted by atomic mass is 10.1. The molecule has 1 rings (SSSR count). The van der Waals surface area contributed by atoms with Crippen LogP contribution < -0.4 is 4.74 Å². The molecule has 0 aliphatic carbocycles. The highest BCUT2D eigenvalue weighted by Gasteiger charge is 2.14. The van der Waals surface area contributed by atoms with Crippen LogP contribution in [0.1, 0.15) is 11.1 Å². The van der Waals surface area contributed by atoms with Crippen LogP contribution in [0.3, 0.4) is 0 Å². The van der Waals surface area contributed by atoms with Gasteiger partial charge in [0.2, 0.25) is 0 Å². The van der Waals surface area contributed by atoms with Crippen LogP contribution >= 0.6 is 0 Å². The lowest BCUT2D eigenvalue weighted by Crippen LogP contribution is -2.09. The third-order valence-corrected chi connectivity index (χ3v) is 2.39. The number of carbonyl (C=O) groups is 1. The minimum atomic E-state index is -1.13. The van der Waals surface area contributed by atoms with Crippen molar-refractivity contribution in [2.24, 2.45) is 0 Å². The van der Waals surface area contributed by atoms with Crippen molar-refractivity contribution in [3.05, 3.63) is 45.5 Å². The van der Waals surface area contributed by atoms with E-state index in [9.17, 15) is 14.9 Å². The first kappa shape index (κ1) is 13.7. The molecule has 0 heterocycles. The van der Waals surface area contributed by atoms with Gasteiger partial charge in [-0.25, -0.2) is 4.79 Å². The van der Waals surface area contributed by atoms with Gasteiger partial charge in [-0.1, -0.05) is 6.58 Å². The molecule has 0 unspecified atom stereocenters. The van der Waals surface area contributed by atoms with Gasteiger partial charge < -0.3 is 9.84 Å². The van der Waals surface area contributed by atoms with Crippen molar-refractivity contribution in [3.8, 4) is 5.75 Å². The average Bonchev–Trinajstić information content (AvgIpc) is 2.28. The summed E-state index contributed by atoms with van der Waals surface area (Å²) in [6.45, 7) is 6.43. The largest absolute Gasteiger partial charge is 0.488 e. The predicted octanol–water partition coefficient (Wildman–Crippen LogP) is 2.23. The molecule has 96 valence electrons. The fraction of sp³-hybridized carbons (Fsp3) is 0.250. The second-order valence-corrected chi connectivity index (χ2v) is 3.86. The third kappa shape index (κ3) is 3.07. The summed E-state index contributed by atoms with van der Waals surface area (Å²) in [7, 11) is 0. The first-order valence-corrected chi connectivity index (χ1v) is 5.12. The Morgan fingerprint density at radius 3 is 2.56 bits per heavy atom. The zero-order valence-corrected chi connectivity index (χ0v) is 10.1. The summed E-state index contributed by atoms with van der Waals surface area (Å²) >= 11 is 0. The van der Waals surface area contributed by atoms with E-state index in [0.29, 0.717) is 16.9 Å². The lowest BCUT2D eigenvalue weighted by Gasteiger charge is -2.10. The molecule has 1 aromatic rings. The van der Waals surface area contributed by atoms with Crippen LogP contribution in [0.5, 0.6) is 5.75 Å². The molecule has 0 bridgehead atoms. The second-order valence-electron chi connectivity index (χ2n) is 3.86. The highest BCUT2D eigenvalue weighted by molar-refractivity contribution is 5.86. The number of carboxylic acid groups (broad SMARTS) is 1. The Bertz CT molecular complexity index is 521. The summed E-state index contributed by atoms with van der Waals surface area (Å²) in [5, 5.41) is 19.3. The van der Waals surface area contributed by atoms with E-state index in [0.717, 1.165) is 0 Å². The van der Waals surface area contributed by atoms with Gasteiger partial charge in [0.05, 0.1) is 10.5 Å². The number of ether oxygens (including phenoxy) is 1. The van der Waals surface area contributed by atoms with Gasteiger partial charge in [-0.3, -0.25) is 10.1 Å². The number of aliphatic carboxylic acids is 1. The van der Waals surface area contributed by atoms with Crippen LogP contribution in [0, 0.1) is 24.0 Å². The summed E-state index contributed by atoms with van der Waals surface area (Å²) in [6.07, 6.45) is 0. The Morgan fingerprint density at radius 1 is 1.44 bits per heavy atom. The van der Waals surface area contributed by atoms with Crippen molar-refractivity contribution in [3.63, 3.8) is 0 Å². The summed E-state index contributed by atoms with van der Waals surface area (Å²) in [4.78, 5) is 20.8. The Balaban J connectivity index is 2.92. The highest BCUT2D eigenvalue weighted by Crippen LogP contribution is 2.27. The smallest absolute Gasteiger partial charge is 0.334 e. The Hall–Kier alpha value is -2.37. The van der Waals surface area contributed by atoms with Gasteiger partial charge in [0, 0.05) is 11.6 Å². The molecule has 0 spiro atoms. The SMILES string of the molecule is C=C(COc1cc(C)c([N+](=O)[O-])cc1C)C(=O)O. The normalized spacial score (nSPS) is 9.89. The molecule has 0 atom stereocenters. The van der Waals surface area contributed by atoms with E-state index < -0.39 is 10.9 Å². The average molecular weight is 251 g/mol. The molecule has 0 aliphatic rings. The predicted molar refractivity (Wildman–Crippen MR) is 64.8 cm³/mol. The zero-order chi connectivity index (χ0) is 13.9. The van der Waals surface area contributed by atoms with Crippen molar-refractivity contribution >= 4 is 11.7 Å². The van der Waals surface area contributed by atoms with Gasteiger partial charge in [0.25, 0.3) is 5.69 Å². The van der Waals surface area contributed by atoms with E-state index in [4.69, 9.17) is 9.84 Å². The maximum absolute atomic E-state index is 10.7. The van der Waals surface area contributed by atoms with Crippen molar-refractivity contribution in [1.82, 2.24) is 0 Å². The van der Waals surface area contributed by atoms with E-state index in [-0.39, 0.29) is 17.9 Å². The van der Waals surface area contributed by atoms with Gasteiger partial charge in [0.1, 0.15) is 12.4 Å². The van der Waals surface area contributed by atoms with Crippen LogP contribution in [0.4, 0.5) is 5.69 Å². The molecule has 1 aromatic carbocycles. The Labute approximate surface area is 104 Å².